The molecule has 26 heavy (non-hydrogen) atoms. The zero-order valence-electron chi connectivity index (χ0n) is 14.6. The van der Waals surface area contributed by atoms with Gasteiger partial charge in [-0.05, 0) is 77.9 Å². The van der Waals surface area contributed by atoms with Crippen LogP contribution in [0.15, 0.2) is 57.9 Å². The van der Waals surface area contributed by atoms with Gasteiger partial charge in [-0.1, -0.05) is 34.1 Å². The standard InChI is InChI=1S/C20H20BrIO3S/c1-3-24-20(23)13-25-19-9-8-17(12-14(19)2)26-11-10-18(22)15-4-6-16(21)7-5-15/h4-10,12H,3,11,13H2,1-2H3. The summed E-state index contributed by atoms with van der Waals surface area (Å²) in [5.41, 5.74) is 2.22. The molecule has 0 aliphatic rings. The van der Waals surface area contributed by atoms with E-state index in [4.69, 9.17) is 9.47 Å². The lowest BCUT2D eigenvalue weighted by Crippen LogP contribution is -2.14. The molecule has 0 amide bonds. The molecular formula is C20H20BrIO3S. The molecule has 0 aliphatic heterocycles. The SMILES string of the molecule is CCOC(=O)COc1ccc(SCC=C(I)c2ccc(Br)cc2)cc1C. The predicted molar refractivity (Wildman–Crippen MR) is 120 cm³/mol. The highest BCUT2D eigenvalue weighted by molar-refractivity contribution is 14.1. The van der Waals surface area contributed by atoms with Crippen LogP contribution in [0.2, 0.25) is 0 Å². The van der Waals surface area contributed by atoms with Crippen LogP contribution in [0.1, 0.15) is 18.1 Å². The quantitative estimate of drug-likeness (QED) is 0.222. The molecule has 0 saturated heterocycles. The fourth-order valence-corrected chi connectivity index (χ4v) is 4.16. The van der Waals surface area contributed by atoms with Crippen LogP contribution in [0, 0.1) is 6.92 Å². The molecule has 6 heteroatoms. The summed E-state index contributed by atoms with van der Waals surface area (Å²) >= 11 is 7.59. The second-order valence-electron chi connectivity index (χ2n) is 5.39. The number of rotatable bonds is 8. The number of benzene rings is 2. The van der Waals surface area contributed by atoms with Gasteiger partial charge in [0.15, 0.2) is 6.61 Å². The number of aryl methyl sites for hydroxylation is 1. The van der Waals surface area contributed by atoms with Gasteiger partial charge in [0.1, 0.15) is 5.75 Å². The Morgan fingerprint density at radius 3 is 2.62 bits per heavy atom. The normalized spacial score (nSPS) is 11.3. The second kappa shape index (κ2) is 11.0. The van der Waals surface area contributed by atoms with Crippen LogP contribution in [0.3, 0.4) is 0 Å². The van der Waals surface area contributed by atoms with E-state index < -0.39 is 0 Å². The molecule has 0 unspecified atom stereocenters. The zero-order valence-corrected chi connectivity index (χ0v) is 19.2. The molecule has 0 spiro atoms. The van der Waals surface area contributed by atoms with E-state index in [1.165, 1.54) is 14.0 Å². The smallest absolute Gasteiger partial charge is 0.344 e. The van der Waals surface area contributed by atoms with Gasteiger partial charge in [0, 0.05) is 18.7 Å². The molecule has 2 aromatic rings. The van der Waals surface area contributed by atoms with Gasteiger partial charge in [-0.25, -0.2) is 4.79 Å². The summed E-state index contributed by atoms with van der Waals surface area (Å²) in [6, 6.07) is 14.3. The number of esters is 1. The first-order chi connectivity index (χ1) is 12.5. The lowest BCUT2D eigenvalue weighted by Gasteiger charge is -2.10. The summed E-state index contributed by atoms with van der Waals surface area (Å²) in [7, 11) is 0. The summed E-state index contributed by atoms with van der Waals surface area (Å²) in [4.78, 5) is 12.5. The van der Waals surface area contributed by atoms with Gasteiger partial charge in [0.25, 0.3) is 0 Å². The minimum atomic E-state index is -0.349. The van der Waals surface area contributed by atoms with Crippen LogP contribution in [0.25, 0.3) is 3.58 Å². The van der Waals surface area contributed by atoms with Gasteiger partial charge < -0.3 is 9.47 Å². The maximum absolute atomic E-state index is 11.4. The van der Waals surface area contributed by atoms with Gasteiger partial charge in [0.2, 0.25) is 0 Å². The van der Waals surface area contributed by atoms with E-state index in [0.717, 1.165) is 15.8 Å². The molecular weight excluding hydrogens is 527 g/mol. The van der Waals surface area contributed by atoms with Crippen LogP contribution in [-0.2, 0) is 9.53 Å². The molecule has 0 aliphatic carbocycles. The van der Waals surface area contributed by atoms with Crippen molar-refractivity contribution in [3.05, 3.63) is 64.1 Å². The number of carbonyl (C=O) groups excluding carboxylic acids is 1. The minimum Gasteiger partial charge on any atom is -0.482 e. The van der Waals surface area contributed by atoms with Crippen LogP contribution >= 0.6 is 50.3 Å². The van der Waals surface area contributed by atoms with E-state index in [-0.39, 0.29) is 12.6 Å². The third-order valence-electron chi connectivity index (χ3n) is 3.43. The van der Waals surface area contributed by atoms with Crippen LogP contribution in [0.4, 0.5) is 0 Å². The van der Waals surface area contributed by atoms with Crippen molar-refractivity contribution in [3.63, 3.8) is 0 Å². The lowest BCUT2D eigenvalue weighted by molar-refractivity contribution is -0.145. The van der Waals surface area contributed by atoms with Gasteiger partial charge in [-0.2, -0.15) is 0 Å². The molecule has 0 radical (unpaired) electrons. The van der Waals surface area contributed by atoms with Crippen molar-refractivity contribution in [2.24, 2.45) is 0 Å². The van der Waals surface area contributed by atoms with Crippen molar-refractivity contribution in [3.8, 4) is 5.75 Å². The zero-order chi connectivity index (χ0) is 18.9. The van der Waals surface area contributed by atoms with Crippen molar-refractivity contribution in [1.82, 2.24) is 0 Å². The molecule has 2 rings (SSSR count). The molecule has 0 fully saturated rings. The minimum absolute atomic E-state index is 0.0602. The molecule has 0 atom stereocenters. The predicted octanol–water partition coefficient (Wildman–Crippen LogP) is 6.27. The largest absolute Gasteiger partial charge is 0.482 e. The van der Waals surface area contributed by atoms with E-state index in [9.17, 15) is 4.79 Å². The van der Waals surface area contributed by atoms with Crippen molar-refractivity contribution in [2.75, 3.05) is 19.0 Å². The highest BCUT2D eigenvalue weighted by Crippen LogP contribution is 2.28. The van der Waals surface area contributed by atoms with Crippen LogP contribution < -0.4 is 4.74 Å². The Kier molecular flexibility index (Phi) is 9.01. The molecule has 0 aromatic heterocycles. The molecule has 3 nitrogen and oxygen atoms in total. The number of thioether (sulfide) groups is 1. The van der Waals surface area contributed by atoms with Crippen molar-refractivity contribution >= 4 is 59.8 Å². The number of ether oxygens (including phenoxy) is 2. The maximum Gasteiger partial charge on any atom is 0.344 e. The van der Waals surface area contributed by atoms with Gasteiger partial charge in [-0.3, -0.25) is 0 Å². The number of hydrogen-bond acceptors (Lipinski definition) is 4. The molecule has 138 valence electrons. The van der Waals surface area contributed by atoms with Gasteiger partial charge >= 0.3 is 5.97 Å². The fraction of sp³-hybridized carbons (Fsp3) is 0.250. The topological polar surface area (TPSA) is 35.5 Å². The Balaban J connectivity index is 1.90. The number of carbonyl (C=O) groups is 1. The van der Waals surface area contributed by atoms with E-state index in [1.54, 1.807) is 18.7 Å². The number of halogens is 2. The summed E-state index contributed by atoms with van der Waals surface area (Å²) < 4.78 is 12.7. The third kappa shape index (κ3) is 6.96. The maximum atomic E-state index is 11.4. The fourth-order valence-electron chi connectivity index (χ4n) is 2.15. The Hall–Kier alpha value is -0.990. The Morgan fingerprint density at radius 1 is 1.23 bits per heavy atom. The first-order valence-electron chi connectivity index (χ1n) is 8.13. The molecule has 0 N–H and O–H groups in total. The Labute approximate surface area is 180 Å². The van der Waals surface area contributed by atoms with Gasteiger partial charge in [-0.15, -0.1) is 11.8 Å². The van der Waals surface area contributed by atoms with Crippen LogP contribution in [-0.4, -0.2) is 24.9 Å². The molecule has 0 saturated carbocycles. The Bertz CT molecular complexity index is 775. The van der Waals surface area contributed by atoms with Crippen molar-refractivity contribution in [2.45, 2.75) is 18.7 Å². The molecule has 2 aromatic carbocycles. The van der Waals surface area contributed by atoms with Gasteiger partial charge in [0.05, 0.1) is 6.61 Å². The number of hydrogen-bond donors (Lipinski definition) is 0. The average Bonchev–Trinajstić information content (AvgIpc) is 2.61. The first-order valence-corrected chi connectivity index (χ1v) is 11.0. The summed E-state index contributed by atoms with van der Waals surface area (Å²) in [6.45, 7) is 4.06. The highest BCUT2D eigenvalue weighted by Gasteiger charge is 2.06. The monoisotopic (exact) mass is 546 g/mol. The average molecular weight is 547 g/mol. The first kappa shape index (κ1) is 21.3. The van der Waals surface area contributed by atoms with E-state index in [1.807, 2.05) is 31.2 Å². The summed E-state index contributed by atoms with van der Waals surface area (Å²) in [5.74, 6) is 1.25. The Morgan fingerprint density at radius 2 is 1.96 bits per heavy atom. The third-order valence-corrected chi connectivity index (χ3v) is 5.94. The lowest BCUT2D eigenvalue weighted by atomic mass is 10.2. The van der Waals surface area contributed by atoms with Crippen LogP contribution in [0.5, 0.6) is 5.75 Å². The second-order valence-corrected chi connectivity index (χ2v) is 8.56. The summed E-state index contributed by atoms with van der Waals surface area (Å²) in [6.07, 6.45) is 2.22. The molecule has 0 bridgehead atoms. The van der Waals surface area contributed by atoms with E-state index >= 15 is 0 Å². The van der Waals surface area contributed by atoms with Crippen molar-refractivity contribution < 1.29 is 14.3 Å². The highest BCUT2D eigenvalue weighted by atomic mass is 127. The van der Waals surface area contributed by atoms with E-state index in [2.05, 4.69) is 62.8 Å². The summed E-state index contributed by atoms with van der Waals surface area (Å²) in [5, 5.41) is 0. The van der Waals surface area contributed by atoms with Crippen molar-refractivity contribution in [1.29, 1.82) is 0 Å². The molecule has 0 heterocycles. The van der Waals surface area contributed by atoms with E-state index in [0.29, 0.717) is 12.4 Å².